The van der Waals surface area contributed by atoms with Gasteiger partial charge in [-0.05, 0) is 69.8 Å². The van der Waals surface area contributed by atoms with E-state index in [0.29, 0.717) is 28.9 Å². The van der Waals surface area contributed by atoms with Crippen LogP contribution in [-0.4, -0.2) is 19.9 Å². The summed E-state index contributed by atoms with van der Waals surface area (Å²) in [5.41, 5.74) is 11.7. The van der Waals surface area contributed by atoms with Gasteiger partial charge in [0.15, 0.2) is 23.1 Å². The first-order valence-electron chi connectivity index (χ1n) is 17.3. The van der Waals surface area contributed by atoms with Gasteiger partial charge in [0, 0.05) is 22.3 Å². The molecule has 0 N–H and O–H groups in total. The van der Waals surface area contributed by atoms with E-state index in [1.54, 1.807) is 0 Å². The normalized spacial score (nSPS) is 11.0. The molecule has 0 saturated heterocycles. The smallest absolute Gasteiger partial charge is 0.227 e. The molecule has 0 amide bonds. The number of para-hydroxylation sites is 2. The maximum atomic E-state index is 9.30. The molecule has 0 radical (unpaired) electrons. The number of rotatable bonds is 7. The lowest BCUT2D eigenvalue weighted by Crippen LogP contribution is -2.02. The van der Waals surface area contributed by atoms with E-state index in [1.807, 2.05) is 121 Å². The molecule has 0 aliphatic rings. The SMILES string of the molecule is N#Cc1ccc(-c2cccc(-c3ccccc3-c3nc(-c4ccccc4)nc(-c4ccccc4-c4ccccc4-c4nc5ccccc5o4)n3)c2)cc1. The molecule has 53 heavy (non-hydrogen) atoms. The molecule has 0 aliphatic carbocycles. The minimum absolute atomic E-state index is 0.551. The summed E-state index contributed by atoms with van der Waals surface area (Å²) in [5, 5.41) is 9.30. The lowest BCUT2D eigenvalue weighted by atomic mass is 9.94. The van der Waals surface area contributed by atoms with Crippen LogP contribution in [0.3, 0.4) is 0 Å². The van der Waals surface area contributed by atoms with Gasteiger partial charge in [-0.15, -0.1) is 0 Å². The fourth-order valence-corrected chi connectivity index (χ4v) is 6.67. The van der Waals surface area contributed by atoms with Crippen molar-refractivity contribution in [1.29, 1.82) is 5.26 Å². The second kappa shape index (κ2) is 13.7. The summed E-state index contributed by atoms with van der Waals surface area (Å²) >= 11 is 0. The fourth-order valence-electron chi connectivity index (χ4n) is 6.67. The van der Waals surface area contributed by atoms with Crippen LogP contribution in [0.15, 0.2) is 180 Å². The van der Waals surface area contributed by atoms with Crippen LogP contribution < -0.4 is 0 Å². The van der Waals surface area contributed by atoms with Crippen LogP contribution in [0.1, 0.15) is 5.56 Å². The van der Waals surface area contributed by atoms with Gasteiger partial charge in [0.25, 0.3) is 0 Å². The Morgan fingerprint density at radius 2 is 0.906 bits per heavy atom. The number of aromatic nitrogens is 4. The average Bonchev–Trinajstić information content (AvgIpc) is 3.68. The summed E-state index contributed by atoms with van der Waals surface area (Å²) in [6.07, 6.45) is 0. The highest BCUT2D eigenvalue weighted by atomic mass is 16.3. The fraction of sp³-hybridized carbons (Fsp3) is 0. The predicted molar refractivity (Wildman–Crippen MR) is 210 cm³/mol. The summed E-state index contributed by atoms with van der Waals surface area (Å²) in [4.78, 5) is 20.3. The van der Waals surface area contributed by atoms with Crippen molar-refractivity contribution in [2.75, 3.05) is 0 Å². The van der Waals surface area contributed by atoms with Crippen LogP contribution in [-0.2, 0) is 0 Å². The van der Waals surface area contributed by atoms with Gasteiger partial charge in [-0.2, -0.15) is 5.26 Å². The zero-order chi connectivity index (χ0) is 35.6. The van der Waals surface area contributed by atoms with E-state index in [9.17, 15) is 5.26 Å². The van der Waals surface area contributed by atoms with E-state index in [2.05, 4.69) is 60.7 Å². The quantitative estimate of drug-likeness (QED) is 0.167. The van der Waals surface area contributed by atoms with Gasteiger partial charge in [-0.3, -0.25) is 0 Å². The van der Waals surface area contributed by atoms with Crippen molar-refractivity contribution in [2.45, 2.75) is 0 Å². The highest BCUT2D eigenvalue weighted by Gasteiger charge is 2.20. The summed E-state index contributed by atoms with van der Waals surface area (Å²) in [7, 11) is 0. The monoisotopic (exact) mass is 679 g/mol. The Hall–Kier alpha value is -7.49. The van der Waals surface area contributed by atoms with Crippen LogP contribution in [0.5, 0.6) is 0 Å². The molecule has 9 rings (SSSR count). The number of nitriles is 1. The number of nitrogens with zero attached hydrogens (tertiary/aromatic N) is 5. The maximum Gasteiger partial charge on any atom is 0.227 e. The number of hydrogen-bond donors (Lipinski definition) is 0. The number of fused-ring (bicyclic) bond motifs is 1. The Morgan fingerprint density at radius 3 is 1.60 bits per heavy atom. The van der Waals surface area contributed by atoms with Crippen LogP contribution >= 0.6 is 0 Å². The van der Waals surface area contributed by atoms with Gasteiger partial charge < -0.3 is 4.42 Å². The highest BCUT2D eigenvalue weighted by Crippen LogP contribution is 2.39. The van der Waals surface area contributed by atoms with E-state index in [-0.39, 0.29) is 0 Å². The van der Waals surface area contributed by atoms with Gasteiger partial charge in [-0.1, -0.05) is 140 Å². The van der Waals surface area contributed by atoms with Gasteiger partial charge >= 0.3 is 0 Å². The average molecular weight is 680 g/mol. The van der Waals surface area contributed by atoms with Crippen molar-refractivity contribution in [1.82, 2.24) is 19.9 Å². The van der Waals surface area contributed by atoms with Crippen LogP contribution in [0.2, 0.25) is 0 Å². The summed E-state index contributed by atoms with van der Waals surface area (Å²) in [5.74, 6) is 2.25. The molecule has 2 aromatic heterocycles. The van der Waals surface area contributed by atoms with Crippen molar-refractivity contribution in [3.8, 4) is 85.1 Å². The molecule has 0 unspecified atom stereocenters. The standard InChI is InChI=1S/C47H29N5O/c48-30-31-25-27-32(28-26-31)34-15-12-16-35(29-34)36-17-4-7-20-39(36)45-50-44(33-13-2-1-3-14-33)51-46(52-45)40-21-8-5-18-37(40)38-19-6-9-22-41(38)47-49-42-23-10-11-24-43(42)53-47/h1-29H. The lowest BCUT2D eigenvalue weighted by molar-refractivity contribution is 0.620. The second-order valence-corrected chi connectivity index (χ2v) is 12.6. The Labute approximate surface area is 306 Å². The first-order chi connectivity index (χ1) is 26.2. The topological polar surface area (TPSA) is 88.5 Å². The minimum atomic E-state index is 0.551. The molecule has 0 spiro atoms. The summed E-state index contributed by atoms with van der Waals surface area (Å²) in [6, 6.07) is 60.6. The molecule has 0 aliphatic heterocycles. The largest absolute Gasteiger partial charge is 0.436 e. The Kier molecular flexibility index (Phi) is 8.12. The van der Waals surface area contributed by atoms with Gasteiger partial charge in [-0.25, -0.2) is 19.9 Å². The third kappa shape index (κ3) is 6.13. The molecule has 0 bridgehead atoms. The van der Waals surface area contributed by atoms with E-state index in [0.717, 1.165) is 66.7 Å². The predicted octanol–water partition coefficient (Wildman–Crippen LogP) is 11.6. The zero-order valence-corrected chi connectivity index (χ0v) is 28.4. The van der Waals surface area contributed by atoms with E-state index in [4.69, 9.17) is 24.4 Å². The van der Waals surface area contributed by atoms with Crippen LogP contribution in [0.4, 0.5) is 0 Å². The van der Waals surface area contributed by atoms with Crippen molar-refractivity contribution in [3.63, 3.8) is 0 Å². The summed E-state index contributed by atoms with van der Waals surface area (Å²) in [6.45, 7) is 0. The highest BCUT2D eigenvalue weighted by molar-refractivity contribution is 5.91. The van der Waals surface area contributed by atoms with Crippen molar-refractivity contribution in [3.05, 3.63) is 181 Å². The van der Waals surface area contributed by atoms with E-state index in [1.165, 1.54) is 0 Å². The minimum Gasteiger partial charge on any atom is -0.436 e. The lowest BCUT2D eigenvalue weighted by Gasteiger charge is -2.15. The van der Waals surface area contributed by atoms with Gasteiger partial charge in [0.1, 0.15) is 5.52 Å². The Balaban J connectivity index is 1.20. The molecular weight excluding hydrogens is 651 g/mol. The molecule has 7 aromatic carbocycles. The molecule has 6 nitrogen and oxygen atoms in total. The third-order valence-electron chi connectivity index (χ3n) is 9.27. The van der Waals surface area contributed by atoms with Gasteiger partial charge in [0.2, 0.25) is 5.89 Å². The van der Waals surface area contributed by atoms with Crippen molar-refractivity contribution >= 4 is 11.1 Å². The molecule has 0 saturated carbocycles. The van der Waals surface area contributed by atoms with Crippen LogP contribution in [0.25, 0.3) is 90.1 Å². The summed E-state index contributed by atoms with van der Waals surface area (Å²) < 4.78 is 6.25. The molecule has 6 heteroatoms. The van der Waals surface area contributed by atoms with Gasteiger partial charge in [0.05, 0.1) is 11.6 Å². The molecule has 2 heterocycles. The third-order valence-corrected chi connectivity index (χ3v) is 9.27. The molecule has 0 atom stereocenters. The second-order valence-electron chi connectivity index (χ2n) is 12.6. The Morgan fingerprint density at radius 1 is 0.377 bits per heavy atom. The Bertz CT molecular complexity index is 2770. The van der Waals surface area contributed by atoms with Crippen LogP contribution in [0, 0.1) is 11.3 Å². The van der Waals surface area contributed by atoms with E-state index >= 15 is 0 Å². The number of oxazole rings is 1. The first kappa shape index (κ1) is 31.5. The van der Waals surface area contributed by atoms with Crippen molar-refractivity contribution in [2.24, 2.45) is 0 Å². The molecule has 9 aromatic rings. The first-order valence-corrected chi connectivity index (χ1v) is 17.3. The van der Waals surface area contributed by atoms with E-state index < -0.39 is 0 Å². The number of hydrogen-bond acceptors (Lipinski definition) is 6. The molecule has 248 valence electrons. The van der Waals surface area contributed by atoms with Crippen molar-refractivity contribution < 1.29 is 4.42 Å². The number of benzene rings is 7. The zero-order valence-electron chi connectivity index (χ0n) is 28.4. The maximum absolute atomic E-state index is 9.30. The molecular formula is C47H29N5O. The molecule has 0 fully saturated rings.